The van der Waals surface area contributed by atoms with E-state index in [-0.39, 0.29) is 5.69 Å². The van der Waals surface area contributed by atoms with Crippen molar-refractivity contribution >= 4 is 33.2 Å². The number of benzene rings is 2. The summed E-state index contributed by atoms with van der Waals surface area (Å²) in [5.74, 6) is -1.02. The molecule has 0 aliphatic carbocycles. The predicted octanol–water partition coefficient (Wildman–Crippen LogP) is 1.41. The number of hydrogen-bond donors (Lipinski definition) is 3. The quantitative estimate of drug-likeness (QED) is 0.766. The highest BCUT2D eigenvalue weighted by molar-refractivity contribution is 7.92. The highest BCUT2D eigenvalue weighted by Crippen LogP contribution is 2.22. The van der Waals surface area contributed by atoms with Crippen molar-refractivity contribution in [3.05, 3.63) is 59.7 Å². The van der Waals surface area contributed by atoms with Gasteiger partial charge >= 0.3 is 0 Å². The molecule has 0 heterocycles. The minimum absolute atomic E-state index is 0.261. The van der Waals surface area contributed by atoms with Gasteiger partial charge in [0.2, 0.25) is 15.9 Å². The largest absolute Gasteiger partial charge is 0.366 e. The van der Waals surface area contributed by atoms with E-state index in [1.807, 2.05) is 0 Å². The number of rotatable bonds is 5. The number of anilines is 2. The number of para-hydroxylation sites is 2. The Hall–Kier alpha value is -2.87. The lowest BCUT2D eigenvalue weighted by molar-refractivity contribution is 0.0995. The third-order valence-corrected chi connectivity index (χ3v) is 3.49. The summed E-state index contributed by atoms with van der Waals surface area (Å²) in [4.78, 5) is 23.2. The van der Waals surface area contributed by atoms with Crippen LogP contribution in [-0.2, 0) is 10.0 Å². The molecule has 120 valence electrons. The van der Waals surface area contributed by atoms with Gasteiger partial charge in [0.25, 0.3) is 5.91 Å². The second kappa shape index (κ2) is 6.49. The smallest absolute Gasteiger partial charge is 0.255 e. The van der Waals surface area contributed by atoms with E-state index in [4.69, 9.17) is 5.73 Å². The van der Waals surface area contributed by atoms with Crippen LogP contribution in [0.25, 0.3) is 0 Å². The minimum atomic E-state index is -3.47. The molecule has 0 aromatic heterocycles. The lowest BCUT2D eigenvalue weighted by atomic mass is 10.1. The van der Waals surface area contributed by atoms with Crippen LogP contribution in [0.1, 0.15) is 20.7 Å². The Morgan fingerprint density at radius 3 is 1.96 bits per heavy atom. The monoisotopic (exact) mass is 333 g/mol. The number of sulfonamides is 1. The van der Waals surface area contributed by atoms with Gasteiger partial charge in [0, 0.05) is 11.1 Å². The van der Waals surface area contributed by atoms with Crippen LogP contribution in [0.4, 0.5) is 11.4 Å². The lowest BCUT2D eigenvalue weighted by Crippen LogP contribution is -2.16. The van der Waals surface area contributed by atoms with Gasteiger partial charge in [0.15, 0.2) is 0 Å². The molecule has 7 nitrogen and oxygen atoms in total. The van der Waals surface area contributed by atoms with E-state index in [1.54, 1.807) is 18.2 Å². The molecule has 2 aromatic rings. The number of carbonyl (C=O) groups is 2. The Balaban J connectivity index is 2.22. The molecule has 4 N–H and O–H groups in total. The molecule has 2 rings (SSSR count). The van der Waals surface area contributed by atoms with Gasteiger partial charge in [-0.1, -0.05) is 12.1 Å². The van der Waals surface area contributed by atoms with Crippen molar-refractivity contribution in [3.63, 3.8) is 0 Å². The van der Waals surface area contributed by atoms with Crippen LogP contribution in [0.3, 0.4) is 0 Å². The number of primary amides is 1. The first-order chi connectivity index (χ1) is 10.8. The Morgan fingerprint density at radius 1 is 0.913 bits per heavy atom. The highest BCUT2D eigenvalue weighted by atomic mass is 32.2. The van der Waals surface area contributed by atoms with Crippen molar-refractivity contribution in [2.75, 3.05) is 16.3 Å². The summed E-state index contributed by atoms with van der Waals surface area (Å²) in [7, 11) is -3.47. The molecule has 0 bridgehead atoms. The van der Waals surface area contributed by atoms with Gasteiger partial charge in [-0.3, -0.25) is 14.3 Å². The molecule has 0 aliphatic rings. The third-order valence-electron chi connectivity index (χ3n) is 2.90. The second-order valence-corrected chi connectivity index (χ2v) is 6.56. The second-order valence-electron chi connectivity index (χ2n) is 4.82. The van der Waals surface area contributed by atoms with Gasteiger partial charge in [-0.2, -0.15) is 0 Å². The SMILES string of the molecule is CS(=O)(=O)Nc1ccccc1NC(=O)c1ccc(C(N)=O)cc1. The molecule has 2 amide bonds. The van der Waals surface area contributed by atoms with Crippen molar-refractivity contribution < 1.29 is 18.0 Å². The maximum atomic E-state index is 12.2. The predicted molar refractivity (Wildman–Crippen MR) is 87.8 cm³/mol. The van der Waals surface area contributed by atoms with Gasteiger partial charge in [-0.25, -0.2) is 8.42 Å². The van der Waals surface area contributed by atoms with Crippen LogP contribution in [0.2, 0.25) is 0 Å². The van der Waals surface area contributed by atoms with Crippen LogP contribution in [0, 0.1) is 0 Å². The molecule has 0 fully saturated rings. The summed E-state index contributed by atoms with van der Waals surface area (Å²) in [6.07, 6.45) is 1.02. The molecule has 0 saturated carbocycles. The molecular formula is C15H15N3O4S. The van der Waals surface area contributed by atoms with E-state index < -0.39 is 21.8 Å². The summed E-state index contributed by atoms with van der Waals surface area (Å²) < 4.78 is 25.0. The fraction of sp³-hybridized carbons (Fsp3) is 0.0667. The maximum absolute atomic E-state index is 12.2. The number of carbonyl (C=O) groups excluding carboxylic acids is 2. The minimum Gasteiger partial charge on any atom is -0.366 e. The van der Waals surface area contributed by atoms with Crippen LogP contribution < -0.4 is 15.8 Å². The van der Waals surface area contributed by atoms with Gasteiger partial charge in [-0.05, 0) is 36.4 Å². The molecule has 0 saturated heterocycles. The Bertz CT molecular complexity index is 845. The van der Waals surface area contributed by atoms with Gasteiger partial charge in [0.05, 0.1) is 17.6 Å². The zero-order valence-corrected chi connectivity index (χ0v) is 13.1. The van der Waals surface area contributed by atoms with E-state index in [2.05, 4.69) is 10.0 Å². The molecule has 0 radical (unpaired) electrons. The average molecular weight is 333 g/mol. The number of nitrogens with two attached hydrogens (primary N) is 1. The average Bonchev–Trinajstić information content (AvgIpc) is 2.48. The van der Waals surface area contributed by atoms with Gasteiger partial charge in [0.1, 0.15) is 0 Å². The first-order valence-electron chi connectivity index (χ1n) is 6.54. The van der Waals surface area contributed by atoms with Crippen molar-refractivity contribution in [1.82, 2.24) is 0 Å². The van der Waals surface area contributed by atoms with Crippen molar-refractivity contribution in [2.45, 2.75) is 0 Å². The van der Waals surface area contributed by atoms with E-state index in [0.717, 1.165) is 6.26 Å². The van der Waals surface area contributed by atoms with Crippen molar-refractivity contribution in [2.24, 2.45) is 5.73 Å². The Morgan fingerprint density at radius 2 is 1.43 bits per heavy atom. The molecule has 23 heavy (non-hydrogen) atoms. The van der Waals surface area contributed by atoms with E-state index >= 15 is 0 Å². The standard InChI is InChI=1S/C15H15N3O4S/c1-23(21,22)18-13-5-3-2-4-12(13)17-15(20)11-8-6-10(7-9-11)14(16)19/h2-9,18H,1H3,(H2,16,19)(H,17,20). The number of amides is 2. The van der Waals surface area contributed by atoms with Crippen LogP contribution in [0.15, 0.2) is 48.5 Å². The van der Waals surface area contributed by atoms with E-state index in [0.29, 0.717) is 16.8 Å². The maximum Gasteiger partial charge on any atom is 0.255 e. The molecular weight excluding hydrogens is 318 g/mol. The summed E-state index contributed by atoms with van der Waals surface area (Å²) in [5.41, 5.74) is 6.32. The zero-order valence-electron chi connectivity index (χ0n) is 12.2. The van der Waals surface area contributed by atoms with E-state index in [1.165, 1.54) is 30.3 Å². The molecule has 0 atom stereocenters. The van der Waals surface area contributed by atoms with E-state index in [9.17, 15) is 18.0 Å². The third kappa shape index (κ3) is 4.55. The van der Waals surface area contributed by atoms with Crippen molar-refractivity contribution in [3.8, 4) is 0 Å². The molecule has 0 spiro atoms. The Labute approximate surface area is 133 Å². The van der Waals surface area contributed by atoms with Crippen molar-refractivity contribution in [1.29, 1.82) is 0 Å². The molecule has 0 aliphatic heterocycles. The topological polar surface area (TPSA) is 118 Å². The molecule has 2 aromatic carbocycles. The summed E-state index contributed by atoms with van der Waals surface area (Å²) in [5, 5.41) is 2.62. The molecule has 0 unspecified atom stereocenters. The van der Waals surface area contributed by atoms with Gasteiger partial charge in [-0.15, -0.1) is 0 Å². The highest BCUT2D eigenvalue weighted by Gasteiger charge is 2.11. The van der Waals surface area contributed by atoms with Crippen LogP contribution >= 0.6 is 0 Å². The van der Waals surface area contributed by atoms with Crippen LogP contribution in [0.5, 0.6) is 0 Å². The fourth-order valence-corrected chi connectivity index (χ4v) is 2.44. The fourth-order valence-electron chi connectivity index (χ4n) is 1.86. The first kappa shape index (κ1) is 16.5. The Kier molecular flexibility index (Phi) is 4.65. The normalized spacial score (nSPS) is 10.8. The first-order valence-corrected chi connectivity index (χ1v) is 8.43. The lowest BCUT2D eigenvalue weighted by Gasteiger charge is -2.12. The number of hydrogen-bond acceptors (Lipinski definition) is 4. The summed E-state index contributed by atoms with van der Waals surface area (Å²) in [6.45, 7) is 0. The summed E-state index contributed by atoms with van der Waals surface area (Å²) in [6, 6.07) is 12.2. The summed E-state index contributed by atoms with van der Waals surface area (Å²) >= 11 is 0. The molecule has 8 heteroatoms. The number of nitrogens with one attached hydrogen (secondary N) is 2. The van der Waals surface area contributed by atoms with Gasteiger partial charge < -0.3 is 11.1 Å². The van der Waals surface area contributed by atoms with Crippen LogP contribution in [-0.4, -0.2) is 26.5 Å². The zero-order chi connectivity index (χ0) is 17.0.